The van der Waals surface area contributed by atoms with Gasteiger partial charge < -0.3 is 20.1 Å². The van der Waals surface area contributed by atoms with Crippen molar-refractivity contribution in [3.05, 3.63) is 29.3 Å². The number of anilines is 1. The molecule has 1 aliphatic heterocycles. The first-order valence-corrected chi connectivity index (χ1v) is 6.83. The van der Waals surface area contributed by atoms with Crippen molar-refractivity contribution in [3.63, 3.8) is 0 Å². The zero-order chi connectivity index (χ0) is 15.6. The molecule has 21 heavy (non-hydrogen) atoms. The Kier molecular flexibility index (Phi) is 4.47. The number of carboxylic acid groups (broad SMARTS) is 1. The lowest BCUT2D eigenvalue weighted by Gasteiger charge is -2.21. The number of amides is 2. The van der Waals surface area contributed by atoms with Crippen LogP contribution in [0.4, 0.5) is 10.5 Å². The molecule has 1 aromatic carbocycles. The summed E-state index contributed by atoms with van der Waals surface area (Å²) in [5.74, 6) is -1.01. The molecular weight excluding hydrogens is 272 g/mol. The number of urea groups is 1. The molecule has 0 bridgehead atoms. The van der Waals surface area contributed by atoms with Gasteiger partial charge in [0.15, 0.2) is 0 Å². The maximum atomic E-state index is 12.3. The number of ether oxygens (including phenoxy) is 1. The van der Waals surface area contributed by atoms with Crippen LogP contribution in [0.25, 0.3) is 0 Å². The summed E-state index contributed by atoms with van der Waals surface area (Å²) < 4.78 is 5.17. The lowest BCUT2D eigenvalue weighted by Crippen LogP contribution is -2.43. The first-order chi connectivity index (χ1) is 9.92. The topological polar surface area (TPSA) is 78.9 Å². The minimum atomic E-state index is -1.01. The third-order valence-corrected chi connectivity index (χ3v) is 3.90. The van der Waals surface area contributed by atoms with E-state index in [1.165, 1.54) is 12.0 Å². The summed E-state index contributed by atoms with van der Waals surface area (Å²) in [5.41, 5.74) is 2.86. The van der Waals surface area contributed by atoms with Gasteiger partial charge in [0.1, 0.15) is 6.04 Å². The number of likely N-dealkylation sites (tertiary alicyclic amines) is 1. The highest BCUT2D eigenvalue weighted by Gasteiger charge is 2.39. The Bertz CT molecular complexity index is 559. The Morgan fingerprint density at radius 3 is 2.62 bits per heavy atom. The van der Waals surface area contributed by atoms with Crippen LogP contribution in [-0.4, -0.2) is 47.8 Å². The third kappa shape index (κ3) is 3.33. The Morgan fingerprint density at radius 1 is 1.33 bits per heavy atom. The predicted molar refractivity (Wildman–Crippen MR) is 78.5 cm³/mol. The molecule has 0 aromatic heterocycles. The highest BCUT2D eigenvalue weighted by molar-refractivity contribution is 5.92. The zero-order valence-corrected chi connectivity index (χ0v) is 12.4. The van der Waals surface area contributed by atoms with E-state index in [1.807, 2.05) is 26.0 Å². The normalized spacial score (nSPS) is 21.4. The Morgan fingerprint density at radius 2 is 2.05 bits per heavy atom. The fourth-order valence-corrected chi connectivity index (χ4v) is 2.44. The van der Waals surface area contributed by atoms with Gasteiger partial charge in [-0.15, -0.1) is 0 Å². The summed E-state index contributed by atoms with van der Waals surface area (Å²) in [6.07, 6.45) is 0.0724. The Labute approximate surface area is 123 Å². The molecule has 1 aromatic rings. The molecule has 114 valence electrons. The number of nitrogens with one attached hydrogen (secondary N) is 1. The van der Waals surface area contributed by atoms with Crippen LogP contribution in [-0.2, 0) is 9.53 Å². The second kappa shape index (κ2) is 6.13. The van der Waals surface area contributed by atoms with Crippen LogP contribution < -0.4 is 5.32 Å². The number of rotatable bonds is 3. The van der Waals surface area contributed by atoms with Crippen molar-refractivity contribution >= 4 is 17.7 Å². The van der Waals surface area contributed by atoms with E-state index in [-0.39, 0.29) is 12.6 Å². The van der Waals surface area contributed by atoms with E-state index in [1.54, 1.807) is 6.07 Å². The van der Waals surface area contributed by atoms with Crippen molar-refractivity contribution in [3.8, 4) is 0 Å². The molecular formula is C15H20N2O4. The number of carboxylic acids is 1. The average Bonchev–Trinajstić information content (AvgIpc) is 2.87. The molecule has 1 heterocycles. The minimum Gasteiger partial charge on any atom is -0.480 e. The number of nitrogens with zero attached hydrogens (tertiary/aromatic N) is 1. The molecule has 0 spiro atoms. The van der Waals surface area contributed by atoms with Gasteiger partial charge in [0.2, 0.25) is 0 Å². The van der Waals surface area contributed by atoms with Crippen LogP contribution in [0, 0.1) is 13.8 Å². The number of methoxy groups -OCH3 is 1. The largest absolute Gasteiger partial charge is 0.480 e. The lowest BCUT2D eigenvalue weighted by atomic mass is 10.1. The molecule has 2 rings (SSSR count). The summed E-state index contributed by atoms with van der Waals surface area (Å²) in [6.45, 7) is 4.23. The van der Waals surface area contributed by atoms with Crippen LogP contribution in [0.5, 0.6) is 0 Å². The molecule has 2 atom stereocenters. The van der Waals surface area contributed by atoms with Crippen LogP contribution in [0.15, 0.2) is 18.2 Å². The summed E-state index contributed by atoms with van der Waals surface area (Å²) in [6, 6.07) is 4.33. The van der Waals surface area contributed by atoms with Gasteiger partial charge in [0.05, 0.1) is 6.10 Å². The van der Waals surface area contributed by atoms with E-state index >= 15 is 0 Å². The Hall–Kier alpha value is -2.08. The van der Waals surface area contributed by atoms with Crippen LogP contribution in [0.3, 0.4) is 0 Å². The highest BCUT2D eigenvalue weighted by Crippen LogP contribution is 2.22. The van der Waals surface area contributed by atoms with Gasteiger partial charge >= 0.3 is 12.0 Å². The zero-order valence-electron chi connectivity index (χ0n) is 12.4. The van der Waals surface area contributed by atoms with Gasteiger partial charge in [-0.05, 0) is 37.1 Å². The molecule has 0 radical (unpaired) electrons. The maximum Gasteiger partial charge on any atom is 0.326 e. The van der Waals surface area contributed by atoms with E-state index < -0.39 is 18.0 Å². The SMILES string of the molecule is COC1CC(C(=O)O)N(C(=O)Nc2ccc(C)c(C)c2)C1. The average molecular weight is 292 g/mol. The molecule has 6 heteroatoms. The van der Waals surface area contributed by atoms with E-state index in [4.69, 9.17) is 4.74 Å². The Balaban J connectivity index is 2.11. The monoisotopic (exact) mass is 292 g/mol. The van der Waals surface area contributed by atoms with Crippen molar-refractivity contribution in [2.24, 2.45) is 0 Å². The number of carbonyl (C=O) groups is 2. The summed E-state index contributed by atoms with van der Waals surface area (Å²) >= 11 is 0. The molecule has 1 fully saturated rings. The van der Waals surface area contributed by atoms with Crippen molar-refractivity contribution in [1.82, 2.24) is 4.90 Å². The van der Waals surface area contributed by atoms with Gasteiger partial charge in [-0.3, -0.25) is 0 Å². The number of hydrogen-bond donors (Lipinski definition) is 2. The second-order valence-corrected chi connectivity index (χ2v) is 5.33. The van der Waals surface area contributed by atoms with E-state index in [0.717, 1.165) is 11.1 Å². The lowest BCUT2D eigenvalue weighted by molar-refractivity contribution is -0.141. The summed E-state index contributed by atoms with van der Waals surface area (Å²) in [4.78, 5) is 24.8. The summed E-state index contributed by atoms with van der Waals surface area (Å²) in [7, 11) is 1.52. The molecule has 2 unspecified atom stereocenters. The molecule has 2 N–H and O–H groups in total. The standard InChI is InChI=1S/C15H20N2O4/c1-9-4-5-11(6-10(9)2)16-15(20)17-8-12(21-3)7-13(17)14(18)19/h4-6,12-13H,7-8H2,1-3H3,(H,16,20)(H,18,19). The number of aryl methyl sites for hydroxylation is 2. The van der Waals surface area contributed by atoms with Crippen molar-refractivity contribution < 1.29 is 19.4 Å². The fourth-order valence-electron chi connectivity index (χ4n) is 2.44. The first-order valence-electron chi connectivity index (χ1n) is 6.83. The van der Waals surface area contributed by atoms with Crippen molar-refractivity contribution in [2.75, 3.05) is 19.0 Å². The van der Waals surface area contributed by atoms with Crippen LogP contribution >= 0.6 is 0 Å². The van der Waals surface area contributed by atoms with Gasteiger partial charge in [-0.2, -0.15) is 0 Å². The van der Waals surface area contributed by atoms with Crippen molar-refractivity contribution in [1.29, 1.82) is 0 Å². The van der Waals surface area contributed by atoms with Gasteiger partial charge in [0.25, 0.3) is 0 Å². The van der Waals surface area contributed by atoms with Crippen molar-refractivity contribution in [2.45, 2.75) is 32.4 Å². The first kappa shape index (κ1) is 15.3. The quantitative estimate of drug-likeness (QED) is 0.893. The van der Waals surface area contributed by atoms with E-state index in [2.05, 4.69) is 5.32 Å². The fraction of sp³-hybridized carbons (Fsp3) is 0.467. The smallest absolute Gasteiger partial charge is 0.326 e. The van der Waals surface area contributed by atoms with Crippen LogP contribution in [0.2, 0.25) is 0 Å². The third-order valence-electron chi connectivity index (χ3n) is 3.90. The van der Waals surface area contributed by atoms with E-state index in [0.29, 0.717) is 12.1 Å². The van der Waals surface area contributed by atoms with E-state index in [9.17, 15) is 14.7 Å². The molecule has 0 aliphatic carbocycles. The highest BCUT2D eigenvalue weighted by atomic mass is 16.5. The van der Waals surface area contributed by atoms with Gasteiger partial charge in [-0.1, -0.05) is 6.07 Å². The number of aliphatic carboxylic acids is 1. The number of benzene rings is 1. The molecule has 1 aliphatic rings. The molecule has 2 amide bonds. The molecule has 0 saturated carbocycles. The van der Waals surface area contributed by atoms with Gasteiger partial charge in [0, 0.05) is 25.8 Å². The van der Waals surface area contributed by atoms with Gasteiger partial charge in [-0.25, -0.2) is 9.59 Å². The molecule has 1 saturated heterocycles. The predicted octanol–water partition coefficient (Wildman–Crippen LogP) is 2.01. The molecule has 6 nitrogen and oxygen atoms in total. The maximum absolute atomic E-state index is 12.3. The summed E-state index contributed by atoms with van der Waals surface area (Å²) in [5, 5.41) is 12.0. The van der Waals surface area contributed by atoms with Crippen LogP contribution in [0.1, 0.15) is 17.5 Å². The minimum absolute atomic E-state index is 0.239. The number of hydrogen-bond acceptors (Lipinski definition) is 3. The number of carbonyl (C=O) groups excluding carboxylic acids is 1. The second-order valence-electron chi connectivity index (χ2n) is 5.33.